The fraction of sp³-hybridized carbons (Fsp3) is 0.300. The monoisotopic (exact) mass is 529 g/mol. The lowest BCUT2D eigenvalue weighted by Crippen LogP contribution is -2.40. The van der Waals surface area contributed by atoms with Crippen molar-refractivity contribution in [3.63, 3.8) is 0 Å². The number of furan rings is 1. The summed E-state index contributed by atoms with van der Waals surface area (Å²) in [6, 6.07) is 13.0. The third kappa shape index (κ3) is 6.76. The van der Waals surface area contributed by atoms with Crippen LogP contribution in [0.2, 0.25) is 5.02 Å². The van der Waals surface area contributed by atoms with E-state index >= 15 is 0 Å². The summed E-state index contributed by atoms with van der Waals surface area (Å²) in [7, 11) is 0. The number of aromatic nitrogens is 2. The quantitative estimate of drug-likeness (QED) is 0.236. The average molecular weight is 530 g/mol. The Kier molecular flexibility index (Phi) is 9.49. The number of nitrogens with one attached hydrogen (secondary N) is 2. The lowest BCUT2D eigenvalue weighted by Gasteiger charge is -2.21. The zero-order valence-electron chi connectivity index (χ0n) is 16.0. The summed E-state index contributed by atoms with van der Waals surface area (Å²) in [5.74, 6) is 1.11. The molecule has 0 radical (unpaired) electrons. The molecule has 0 aliphatic rings. The lowest BCUT2D eigenvalue weighted by atomic mass is 10.1. The Morgan fingerprint density at radius 1 is 1.24 bits per heavy atom. The summed E-state index contributed by atoms with van der Waals surface area (Å²) in [5, 5.41) is 21.8. The summed E-state index contributed by atoms with van der Waals surface area (Å²) < 4.78 is 7.11. The van der Waals surface area contributed by atoms with Crippen LogP contribution in [-0.4, -0.2) is 40.5 Å². The lowest BCUT2D eigenvalue weighted by molar-refractivity contribution is 0.158. The Hall–Kier alpha value is -2.04. The molecule has 2 aromatic heterocycles. The number of aliphatic hydroxyl groups is 1. The Balaban J connectivity index is 0.00000300. The van der Waals surface area contributed by atoms with Crippen LogP contribution < -0.4 is 10.6 Å². The number of aliphatic hydroxyl groups excluding tert-OH is 1. The molecule has 0 bridgehead atoms. The van der Waals surface area contributed by atoms with E-state index in [2.05, 4.69) is 20.7 Å². The van der Waals surface area contributed by atoms with Gasteiger partial charge in [0.25, 0.3) is 0 Å². The van der Waals surface area contributed by atoms with Gasteiger partial charge in [0, 0.05) is 30.5 Å². The second-order valence-electron chi connectivity index (χ2n) is 6.19. The number of rotatable bonds is 8. The van der Waals surface area contributed by atoms with Gasteiger partial charge in [0.05, 0.1) is 18.8 Å². The highest BCUT2D eigenvalue weighted by atomic mass is 127. The van der Waals surface area contributed by atoms with Crippen LogP contribution in [0.15, 0.2) is 70.5 Å². The van der Waals surface area contributed by atoms with E-state index in [1.54, 1.807) is 18.3 Å². The Morgan fingerprint density at radius 2 is 2.03 bits per heavy atom. The molecule has 0 saturated carbocycles. The largest absolute Gasteiger partial charge is 0.467 e. The number of guanidine groups is 1. The number of aliphatic imine (C=N–C) groups is 1. The van der Waals surface area contributed by atoms with Crippen molar-refractivity contribution < 1.29 is 9.52 Å². The molecule has 2 atom stereocenters. The van der Waals surface area contributed by atoms with E-state index < -0.39 is 6.10 Å². The predicted molar refractivity (Wildman–Crippen MR) is 125 cm³/mol. The maximum atomic E-state index is 10.2. The molecule has 1 aromatic carbocycles. The van der Waals surface area contributed by atoms with Gasteiger partial charge in [-0.05, 0) is 42.8 Å². The predicted octanol–water partition coefficient (Wildman–Crippen LogP) is 3.63. The van der Waals surface area contributed by atoms with E-state index in [4.69, 9.17) is 16.0 Å². The average Bonchev–Trinajstić information content (AvgIpc) is 3.41. The molecule has 0 aliphatic carbocycles. The zero-order chi connectivity index (χ0) is 19.8. The highest BCUT2D eigenvalue weighted by Crippen LogP contribution is 2.19. The molecule has 2 unspecified atom stereocenters. The summed E-state index contributed by atoms with van der Waals surface area (Å²) in [6.45, 7) is 3.45. The molecule has 9 heteroatoms. The number of benzene rings is 1. The normalized spacial score (nSPS) is 13.4. The summed E-state index contributed by atoms with van der Waals surface area (Å²) >= 11 is 6.02. The smallest absolute Gasteiger partial charge is 0.191 e. The van der Waals surface area contributed by atoms with Crippen LogP contribution in [0.1, 0.15) is 30.4 Å². The van der Waals surface area contributed by atoms with Crippen molar-refractivity contribution in [3.05, 3.63) is 77.5 Å². The fourth-order valence-corrected chi connectivity index (χ4v) is 2.92. The van der Waals surface area contributed by atoms with Crippen LogP contribution in [0.25, 0.3) is 0 Å². The maximum Gasteiger partial charge on any atom is 0.191 e. The van der Waals surface area contributed by atoms with Gasteiger partial charge in [0.2, 0.25) is 0 Å². The molecule has 3 aromatic rings. The van der Waals surface area contributed by atoms with Gasteiger partial charge in [-0.1, -0.05) is 23.7 Å². The second-order valence-corrected chi connectivity index (χ2v) is 6.62. The first-order chi connectivity index (χ1) is 13.7. The van der Waals surface area contributed by atoms with E-state index in [1.165, 1.54) is 6.26 Å². The zero-order valence-corrected chi connectivity index (χ0v) is 19.1. The minimum Gasteiger partial charge on any atom is -0.467 e. The molecular formula is C20H25ClIN5O2. The van der Waals surface area contributed by atoms with Crippen LogP contribution in [0.3, 0.4) is 0 Å². The molecule has 0 fully saturated rings. The Morgan fingerprint density at radius 3 is 2.66 bits per heavy atom. The molecule has 0 aliphatic heterocycles. The maximum absolute atomic E-state index is 10.2. The van der Waals surface area contributed by atoms with Crippen LogP contribution in [0, 0.1) is 0 Å². The standard InChI is InChI=1S/C20H24ClN5O2.HI/c1-2-22-20(24-14-18(27)19-5-3-12-28-19)23-13-17(26-11-4-10-25-26)15-6-8-16(21)9-7-15;/h3-12,17-18,27H,2,13-14H2,1H3,(H2,22,23,24);1H. The third-order valence-electron chi connectivity index (χ3n) is 4.20. The molecule has 29 heavy (non-hydrogen) atoms. The molecule has 7 nitrogen and oxygen atoms in total. The van der Waals surface area contributed by atoms with E-state index in [1.807, 2.05) is 48.1 Å². The van der Waals surface area contributed by atoms with Crippen LogP contribution in [0.5, 0.6) is 0 Å². The number of nitrogens with zero attached hydrogens (tertiary/aromatic N) is 3. The third-order valence-corrected chi connectivity index (χ3v) is 4.45. The molecule has 2 heterocycles. The highest BCUT2D eigenvalue weighted by Gasteiger charge is 2.15. The minimum absolute atomic E-state index is 0. The van der Waals surface area contributed by atoms with Gasteiger partial charge >= 0.3 is 0 Å². The van der Waals surface area contributed by atoms with Gasteiger partial charge in [0.15, 0.2) is 5.96 Å². The Bertz CT molecular complexity index is 854. The van der Waals surface area contributed by atoms with Gasteiger partial charge in [0.1, 0.15) is 11.9 Å². The first kappa shape index (κ1) is 23.2. The number of hydrogen-bond donors (Lipinski definition) is 3. The van der Waals surface area contributed by atoms with Crippen molar-refractivity contribution in [2.45, 2.75) is 19.1 Å². The summed E-state index contributed by atoms with van der Waals surface area (Å²) in [6.07, 6.45) is 4.42. The van der Waals surface area contributed by atoms with E-state index in [0.29, 0.717) is 29.8 Å². The summed E-state index contributed by atoms with van der Waals surface area (Å²) in [5.41, 5.74) is 1.08. The number of hydrogen-bond acceptors (Lipinski definition) is 4. The fourth-order valence-electron chi connectivity index (χ4n) is 2.80. The van der Waals surface area contributed by atoms with Gasteiger partial charge in [-0.2, -0.15) is 5.10 Å². The van der Waals surface area contributed by atoms with E-state index in [9.17, 15) is 5.11 Å². The molecule has 0 amide bonds. The van der Waals surface area contributed by atoms with Gasteiger partial charge in [-0.3, -0.25) is 9.67 Å². The molecular weight excluding hydrogens is 505 g/mol. The SMILES string of the molecule is CCNC(=NCC(O)c1ccco1)NCC(c1ccc(Cl)cc1)n1cccn1.I. The Labute approximate surface area is 192 Å². The van der Waals surface area contributed by atoms with Crippen molar-refractivity contribution in [2.24, 2.45) is 4.99 Å². The molecule has 0 spiro atoms. The molecule has 0 saturated heterocycles. The first-order valence-corrected chi connectivity index (χ1v) is 9.53. The highest BCUT2D eigenvalue weighted by molar-refractivity contribution is 14.0. The van der Waals surface area contributed by atoms with Gasteiger partial charge < -0.3 is 20.2 Å². The van der Waals surface area contributed by atoms with Gasteiger partial charge in [-0.15, -0.1) is 24.0 Å². The van der Waals surface area contributed by atoms with Crippen molar-refractivity contribution in [1.82, 2.24) is 20.4 Å². The van der Waals surface area contributed by atoms with Crippen LogP contribution in [-0.2, 0) is 0 Å². The van der Waals surface area contributed by atoms with Crippen molar-refractivity contribution in [1.29, 1.82) is 0 Å². The molecule has 156 valence electrons. The van der Waals surface area contributed by atoms with Crippen molar-refractivity contribution in [3.8, 4) is 0 Å². The van der Waals surface area contributed by atoms with Crippen molar-refractivity contribution in [2.75, 3.05) is 19.6 Å². The molecule has 3 N–H and O–H groups in total. The summed E-state index contributed by atoms with van der Waals surface area (Å²) in [4.78, 5) is 4.46. The number of halogens is 2. The molecule has 3 rings (SSSR count). The van der Waals surface area contributed by atoms with Crippen molar-refractivity contribution >= 4 is 41.5 Å². The first-order valence-electron chi connectivity index (χ1n) is 9.15. The van der Waals surface area contributed by atoms with E-state index in [0.717, 1.165) is 5.56 Å². The van der Waals surface area contributed by atoms with Gasteiger partial charge in [-0.25, -0.2) is 0 Å². The van der Waals surface area contributed by atoms with Crippen LogP contribution in [0.4, 0.5) is 0 Å². The second kappa shape index (κ2) is 11.8. The van der Waals surface area contributed by atoms with E-state index in [-0.39, 0.29) is 36.6 Å². The topological polar surface area (TPSA) is 87.6 Å². The minimum atomic E-state index is -0.788. The van der Waals surface area contributed by atoms with Crippen LogP contribution >= 0.6 is 35.6 Å².